The number of anilines is 2. The van der Waals surface area contributed by atoms with E-state index in [0.717, 1.165) is 22.6 Å². The second-order valence-corrected chi connectivity index (χ2v) is 5.45. The average Bonchev–Trinajstić information content (AvgIpc) is 2.39. The molecule has 1 aromatic heterocycles. The molecule has 0 aliphatic carbocycles. The molecule has 20 heavy (non-hydrogen) atoms. The third-order valence-electron chi connectivity index (χ3n) is 3.09. The van der Waals surface area contributed by atoms with Gasteiger partial charge in [-0.25, -0.2) is 0 Å². The van der Waals surface area contributed by atoms with Gasteiger partial charge in [0.05, 0.1) is 17.8 Å². The molecule has 0 saturated heterocycles. The maximum atomic E-state index is 7.81. The molecular weight excluding hydrogens is 316 g/mol. The summed E-state index contributed by atoms with van der Waals surface area (Å²) in [5, 5.41) is 11.1. The summed E-state index contributed by atoms with van der Waals surface area (Å²) in [6, 6.07) is 9.80. The maximum absolute atomic E-state index is 7.81. The minimum Gasteiger partial charge on any atom is -0.398 e. The number of aromatic nitrogens is 1. The van der Waals surface area contributed by atoms with Crippen LogP contribution >= 0.6 is 15.9 Å². The number of halogens is 1. The van der Waals surface area contributed by atoms with Crippen molar-refractivity contribution in [2.75, 3.05) is 11.1 Å². The quantitative estimate of drug-likeness (QED) is 0.591. The molecule has 0 atom stereocenters. The number of hydrogen-bond donors (Lipinski definition) is 3. The van der Waals surface area contributed by atoms with E-state index in [1.807, 2.05) is 44.2 Å². The highest BCUT2D eigenvalue weighted by Crippen LogP contribution is 2.28. The highest BCUT2D eigenvalue weighted by atomic mass is 79.9. The zero-order chi connectivity index (χ0) is 14.7. The summed E-state index contributed by atoms with van der Waals surface area (Å²) in [4.78, 5) is 4.44. The van der Waals surface area contributed by atoms with Gasteiger partial charge in [0.2, 0.25) is 0 Å². The van der Waals surface area contributed by atoms with Gasteiger partial charge in [0.25, 0.3) is 0 Å². The summed E-state index contributed by atoms with van der Waals surface area (Å²) in [5.74, 6) is 0. The van der Waals surface area contributed by atoms with Gasteiger partial charge in [0.1, 0.15) is 4.62 Å². The van der Waals surface area contributed by atoms with Crippen LogP contribution in [0.25, 0.3) is 0 Å². The van der Waals surface area contributed by atoms with E-state index in [1.165, 1.54) is 0 Å². The predicted octanol–water partition coefficient (Wildman–Crippen LogP) is 3.61. The van der Waals surface area contributed by atoms with Gasteiger partial charge < -0.3 is 11.1 Å². The Hall–Kier alpha value is -1.88. The fraction of sp³-hybridized carbons (Fsp3) is 0.200. The summed E-state index contributed by atoms with van der Waals surface area (Å²) < 4.78 is 0.276. The van der Waals surface area contributed by atoms with Crippen LogP contribution in [0.1, 0.15) is 22.5 Å². The molecule has 5 heteroatoms. The largest absolute Gasteiger partial charge is 0.398 e. The lowest BCUT2D eigenvalue weighted by molar-refractivity contribution is 1.01. The number of nitrogens with two attached hydrogens (primary N) is 1. The zero-order valence-corrected chi connectivity index (χ0v) is 13.1. The molecule has 0 radical (unpaired) electrons. The van der Waals surface area contributed by atoms with Gasteiger partial charge in [-0.2, -0.15) is 0 Å². The first-order valence-corrected chi connectivity index (χ1v) is 7.08. The Morgan fingerprint density at radius 3 is 2.70 bits per heavy atom. The number of rotatable bonds is 4. The number of aryl methyl sites for hydroxylation is 2. The van der Waals surface area contributed by atoms with Crippen molar-refractivity contribution < 1.29 is 0 Å². The molecule has 4 N–H and O–H groups in total. The molecule has 2 rings (SSSR count). The predicted molar refractivity (Wildman–Crippen MR) is 87.6 cm³/mol. The summed E-state index contributed by atoms with van der Waals surface area (Å²) in [5.41, 5.74) is 11.1. The van der Waals surface area contributed by atoms with Crippen LogP contribution in [-0.4, -0.2) is 9.60 Å². The highest BCUT2D eigenvalue weighted by Gasteiger charge is 2.11. The molecule has 0 unspecified atom stereocenters. The Labute approximate surface area is 127 Å². The van der Waals surface area contributed by atoms with Gasteiger partial charge in [-0.15, -0.1) is 0 Å². The summed E-state index contributed by atoms with van der Waals surface area (Å²) in [6.07, 6.45) is 0. The van der Waals surface area contributed by atoms with Crippen LogP contribution in [0.15, 0.2) is 30.3 Å². The molecule has 1 aromatic carbocycles. The van der Waals surface area contributed by atoms with E-state index in [0.29, 0.717) is 17.8 Å². The van der Waals surface area contributed by atoms with E-state index < -0.39 is 0 Å². The van der Waals surface area contributed by atoms with E-state index in [2.05, 4.69) is 26.2 Å². The summed E-state index contributed by atoms with van der Waals surface area (Å²) >= 11 is 3.20. The van der Waals surface area contributed by atoms with Gasteiger partial charge >= 0.3 is 0 Å². The average molecular weight is 333 g/mol. The van der Waals surface area contributed by atoms with E-state index >= 15 is 0 Å². The number of nitrogens with zero attached hydrogens (tertiary/aromatic N) is 1. The van der Waals surface area contributed by atoms with Crippen LogP contribution in [0.3, 0.4) is 0 Å². The zero-order valence-electron chi connectivity index (χ0n) is 11.5. The van der Waals surface area contributed by atoms with Gasteiger partial charge in [-0.05, 0) is 53.5 Å². The molecule has 0 saturated carbocycles. The fourth-order valence-corrected chi connectivity index (χ4v) is 2.42. The van der Waals surface area contributed by atoms with Crippen molar-refractivity contribution in [3.8, 4) is 0 Å². The fourth-order valence-electron chi connectivity index (χ4n) is 1.99. The van der Waals surface area contributed by atoms with Crippen LogP contribution in [0.5, 0.6) is 0 Å². The Kier molecular flexibility index (Phi) is 4.39. The maximum Gasteiger partial charge on any atom is 0.108 e. The molecule has 0 aliphatic heterocycles. The topological polar surface area (TPSA) is 74.8 Å². The molecule has 0 amide bonds. The van der Waals surface area contributed by atoms with Crippen LogP contribution in [0.4, 0.5) is 11.4 Å². The minimum absolute atomic E-state index is 0.276. The van der Waals surface area contributed by atoms with Crippen molar-refractivity contribution in [3.63, 3.8) is 0 Å². The van der Waals surface area contributed by atoms with Crippen LogP contribution in [-0.2, 0) is 6.54 Å². The van der Waals surface area contributed by atoms with Gasteiger partial charge in [0, 0.05) is 17.1 Å². The first-order valence-electron chi connectivity index (χ1n) is 6.29. The van der Waals surface area contributed by atoms with Crippen molar-refractivity contribution in [1.82, 2.24) is 4.98 Å². The molecule has 0 bridgehead atoms. The van der Waals surface area contributed by atoms with Gasteiger partial charge in [-0.3, -0.25) is 10.4 Å². The monoisotopic (exact) mass is 332 g/mol. The van der Waals surface area contributed by atoms with Crippen LogP contribution < -0.4 is 11.1 Å². The molecule has 0 spiro atoms. The Morgan fingerprint density at radius 1 is 1.30 bits per heavy atom. The molecule has 0 fully saturated rings. The second-order valence-electron chi connectivity index (χ2n) is 4.66. The van der Waals surface area contributed by atoms with Crippen molar-refractivity contribution in [1.29, 1.82) is 5.41 Å². The lowest BCUT2D eigenvalue weighted by Crippen LogP contribution is -2.09. The van der Waals surface area contributed by atoms with Crippen LogP contribution in [0.2, 0.25) is 0 Å². The minimum atomic E-state index is 0.276. The number of benzene rings is 1. The molecule has 2 aromatic rings. The van der Waals surface area contributed by atoms with Crippen LogP contribution in [0, 0.1) is 19.3 Å². The lowest BCUT2D eigenvalue weighted by Gasteiger charge is -2.14. The number of nitrogen functional groups attached to an aromatic ring is 1. The van der Waals surface area contributed by atoms with Crippen molar-refractivity contribution in [3.05, 3.63) is 52.8 Å². The van der Waals surface area contributed by atoms with Crippen molar-refractivity contribution in [2.45, 2.75) is 20.4 Å². The molecule has 0 aliphatic rings. The third-order valence-corrected chi connectivity index (χ3v) is 3.49. The van der Waals surface area contributed by atoms with E-state index in [9.17, 15) is 0 Å². The second kappa shape index (κ2) is 6.05. The summed E-state index contributed by atoms with van der Waals surface area (Å²) in [6.45, 7) is 4.49. The Bertz CT molecular complexity index is 652. The number of hydrogen-bond acceptors (Lipinski definition) is 4. The number of nitrogens with one attached hydrogen (secondary N) is 2. The van der Waals surface area contributed by atoms with E-state index in [-0.39, 0.29) is 4.62 Å². The van der Waals surface area contributed by atoms with E-state index in [1.54, 1.807) is 0 Å². The van der Waals surface area contributed by atoms with Crippen molar-refractivity contribution >= 4 is 31.9 Å². The van der Waals surface area contributed by atoms with Gasteiger partial charge in [-0.1, -0.05) is 12.1 Å². The third kappa shape index (κ3) is 3.17. The lowest BCUT2D eigenvalue weighted by atomic mass is 10.1. The van der Waals surface area contributed by atoms with Crippen molar-refractivity contribution in [2.24, 2.45) is 0 Å². The van der Waals surface area contributed by atoms with E-state index in [4.69, 9.17) is 11.1 Å². The first kappa shape index (κ1) is 14.5. The molecule has 4 nitrogen and oxygen atoms in total. The Balaban J connectivity index is 2.26. The highest BCUT2D eigenvalue weighted by molar-refractivity contribution is 9.18. The molecule has 1 heterocycles. The SMILES string of the molecule is Cc1cccc(CNc2ccc(C)c(N)c2C(=N)Br)n1. The molecule has 104 valence electrons. The Morgan fingerprint density at radius 2 is 2.05 bits per heavy atom. The normalized spacial score (nSPS) is 10.3. The standard InChI is InChI=1S/C15H17BrN4/c1-9-6-7-12(13(14(9)17)15(16)18)19-8-11-5-3-4-10(2)20-11/h3-7,18-19H,8,17H2,1-2H3. The first-order chi connectivity index (χ1) is 9.49. The smallest absolute Gasteiger partial charge is 0.108 e. The molecular formula is C15H17BrN4. The summed E-state index contributed by atoms with van der Waals surface area (Å²) in [7, 11) is 0. The van der Waals surface area contributed by atoms with Gasteiger partial charge in [0.15, 0.2) is 0 Å². The number of pyridine rings is 1.